The summed E-state index contributed by atoms with van der Waals surface area (Å²) < 4.78 is 13.8. The summed E-state index contributed by atoms with van der Waals surface area (Å²) in [4.78, 5) is 0. The molecule has 0 aliphatic carbocycles. The first-order valence-electron chi connectivity index (χ1n) is 8.31. The molecule has 0 atom stereocenters. The minimum atomic E-state index is 0.658. The van der Waals surface area contributed by atoms with Gasteiger partial charge in [0, 0.05) is 41.9 Å². The summed E-state index contributed by atoms with van der Waals surface area (Å²) in [5.41, 5.74) is 2.39. The lowest BCUT2D eigenvalue weighted by Gasteiger charge is -2.06. The molecule has 0 fully saturated rings. The first-order valence-corrected chi connectivity index (χ1v) is 8.31. The fraction of sp³-hybridized carbons (Fsp3) is 0.368. The van der Waals surface area contributed by atoms with E-state index in [-0.39, 0.29) is 0 Å². The van der Waals surface area contributed by atoms with Crippen LogP contribution in [0.5, 0.6) is 11.5 Å². The Labute approximate surface area is 142 Å². The van der Waals surface area contributed by atoms with Gasteiger partial charge < -0.3 is 24.7 Å². The van der Waals surface area contributed by atoms with Gasteiger partial charge in [-0.05, 0) is 50.5 Å². The largest absolute Gasteiger partial charge is 0.492 e. The summed E-state index contributed by atoms with van der Waals surface area (Å²) in [6, 6.07) is 12.5. The molecule has 0 saturated heterocycles. The molecule has 5 nitrogen and oxygen atoms in total. The highest BCUT2D eigenvalue weighted by atomic mass is 16.5. The van der Waals surface area contributed by atoms with Crippen LogP contribution in [-0.4, -0.2) is 45.0 Å². The van der Waals surface area contributed by atoms with Crippen molar-refractivity contribution in [3.05, 3.63) is 36.4 Å². The van der Waals surface area contributed by atoms with Crippen molar-refractivity contribution in [1.29, 1.82) is 0 Å². The predicted molar refractivity (Wildman–Crippen MR) is 99.3 cm³/mol. The molecule has 0 unspecified atom stereocenters. The van der Waals surface area contributed by atoms with Gasteiger partial charge in [-0.15, -0.1) is 0 Å². The number of benzene rings is 2. The van der Waals surface area contributed by atoms with Crippen LogP contribution in [0.15, 0.2) is 36.4 Å². The van der Waals surface area contributed by atoms with E-state index in [2.05, 4.69) is 46.5 Å². The Morgan fingerprint density at radius 2 is 1.25 bits per heavy atom. The lowest BCUT2D eigenvalue weighted by molar-refractivity contribution is 0.318. The van der Waals surface area contributed by atoms with E-state index in [1.807, 2.05) is 26.2 Å². The Morgan fingerprint density at radius 3 is 1.67 bits per heavy atom. The van der Waals surface area contributed by atoms with Gasteiger partial charge in [0.2, 0.25) is 0 Å². The van der Waals surface area contributed by atoms with Crippen LogP contribution in [0.4, 0.5) is 0 Å². The van der Waals surface area contributed by atoms with E-state index in [1.54, 1.807) is 0 Å². The summed E-state index contributed by atoms with van der Waals surface area (Å²) in [6.45, 7) is 2.98. The number of fused-ring (bicyclic) bond motifs is 3. The first kappa shape index (κ1) is 16.6. The van der Waals surface area contributed by atoms with E-state index in [9.17, 15) is 0 Å². The molecule has 0 radical (unpaired) electrons. The maximum absolute atomic E-state index is 5.81. The van der Waals surface area contributed by atoms with Gasteiger partial charge in [0.15, 0.2) is 0 Å². The number of aryl methyl sites for hydroxylation is 1. The summed E-state index contributed by atoms with van der Waals surface area (Å²) in [6.07, 6.45) is 0. The van der Waals surface area contributed by atoms with Crippen LogP contribution < -0.4 is 20.1 Å². The Bertz CT molecular complexity index is 759. The van der Waals surface area contributed by atoms with Crippen LogP contribution in [0.3, 0.4) is 0 Å². The van der Waals surface area contributed by atoms with Gasteiger partial charge in [0.1, 0.15) is 24.7 Å². The molecule has 0 aliphatic rings. The van der Waals surface area contributed by atoms with Crippen LogP contribution in [-0.2, 0) is 7.05 Å². The molecule has 0 saturated carbocycles. The molecule has 1 aromatic heterocycles. The monoisotopic (exact) mass is 327 g/mol. The first-order chi connectivity index (χ1) is 11.7. The minimum Gasteiger partial charge on any atom is -0.492 e. The maximum Gasteiger partial charge on any atom is 0.120 e. The molecule has 2 aromatic carbocycles. The van der Waals surface area contributed by atoms with Crippen LogP contribution >= 0.6 is 0 Å². The third-order valence-electron chi connectivity index (χ3n) is 4.19. The molecule has 5 heteroatoms. The van der Waals surface area contributed by atoms with E-state index in [1.165, 1.54) is 21.8 Å². The van der Waals surface area contributed by atoms with E-state index < -0.39 is 0 Å². The lowest BCUT2D eigenvalue weighted by atomic mass is 10.1. The zero-order valence-corrected chi connectivity index (χ0v) is 14.6. The van der Waals surface area contributed by atoms with Gasteiger partial charge in [0.05, 0.1) is 0 Å². The fourth-order valence-electron chi connectivity index (χ4n) is 2.90. The van der Waals surface area contributed by atoms with Gasteiger partial charge in [-0.3, -0.25) is 0 Å². The van der Waals surface area contributed by atoms with Gasteiger partial charge in [-0.2, -0.15) is 0 Å². The van der Waals surface area contributed by atoms with Crippen molar-refractivity contribution in [2.45, 2.75) is 0 Å². The fourth-order valence-corrected chi connectivity index (χ4v) is 2.90. The number of nitrogens with zero attached hydrogens (tertiary/aromatic N) is 1. The van der Waals surface area contributed by atoms with Crippen molar-refractivity contribution in [1.82, 2.24) is 15.2 Å². The van der Waals surface area contributed by atoms with E-state index >= 15 is 0 Å². The van der Waals surface area contributed by atoms with E-state index in [4.69, 9.17) is 9.47 Å². The number of nitrogens with one attached hydrogen (secondary N) is 2. The number of hydrogen-bond acceptors (Lipinski definition) is 4. The van der Waals surface area contributed by atoms with Crippen LogP contribution in [0, 0.1) is 0 Å². The topological polar surface area (TPSA) is 47.4 Å². The number of ether oxygens (including phenoxy) is 2. The molecule has 3 aromatic rings. The van der Waals surface area contributed by atoms with Crippen LogP contribution in [0.2, 0.25) is 0 Å². The van der Waals surface area contributed by atoms with Crippen molar-refractivity contribution in [3.63, 3.8) is 0 Å². The summed E-state index contributed by atoms with van der Waals surface area (Å²) in [7, 11) is 5.94. The third kappa shape index (κ3) is 3.32. The molecule has 0 spiro atoms. The van der Waals surface area contributed by atoms with Crippen molar-refractivity contribution in [2.75, 3.05) is 40.4 Å². The molecule has 1 heterocycles. The molecular formula is C19H25N3O2. The SMILES string of the molecule is CNCCOc1ccc2c(c1)c1cc(OCCNC)ccc1n2C. The van der Waals surface area contributed by atoms with Crippen molar-refractivity contribution >= 4 is 21.8 Å². The quantitative estimate of drug-likeness (QED) is 0.624. The van der Waals surface area contributed by atoms with Crippen LogP contribution in [0.1, 0.15) is 0 Å². The number of likely N-dealkylation sites (N-methyl/N-ethyl adjacent to an activating group) is 2. The number of aromatic nitrogens is 1. The molecule has 24 heavy (non-hydrogen) atoms. The van der Waals surface area contributed by atoms with Gasteiger partial charge in [-0.1, -0.05) is 0 Å². The molecule has 128 valence electrons. The van der Waals surface area contributed by atoms with Crippen molar-refractivity contribution in [2.24, 2.45) is 7.05 Å². The zero-order chi connectivity index (χ0) is 16.9. The Kier molecular flexibility index (Phi) is 5.23. The molecule has 0 aliphatic heterocycles. The predicted octanol–water partition coefficient (Wildman–Crippen LogP) is 2.53. The Balaban J connectivity index is 1.96. The van der Waals surface area contributed by atoms with E-state index in [0.717, 1.165) is 24.6 Å². The number of rotatable bonds is 8. The smallest absolute Gasteiger partial charge is 0.120 e. The molecule has 0 bridgehead atoms. The molecule has 0 amide bonds. The highest BCUT2D eigenvalue weighted by Gasteiger charge is 2.10. The molecular weight excluding hydrogens is 302 g/mol. The second-order valence-corrected chi connectivity index (χ2v) is 5.82. The second-order valence-electron chi connectivity index (χ2n) is 5.82. The zero-order valence-electron chi connectivity index (χ0n) is 14.6. The highest BCUT2D eigenvalue weighted by molar-refractivity contribution is 6.08. The Morgan fingerprint density at radius 1 is 0.792 bits per heavy atom. The average Bonchev–Trinajstić information content (AvgIpc) is 2.88. The van der Waals surface area contributed by atoms with Crippen molar-refractivity contribution in [3.8, 4) is 11.5 Å². The summed E-state index contributed by atoms with van der Waals surface area (Å²) in [5.74, 6) is 1.79. The third-order valence-corrected chi connectivity index (χ3v) is 4.19. The number of hydrogen-bond donors (Lipinski definition) is 2. The summed E-state index contributed by atoms with van der Waals surface area (Å²) >= 11 is 0. The molecule has 3 rings (SSSR count). The van der Waals surface area contributed by atoms with Crippen LogP contribution in [0.25, 0.3) is 21.8 Å². The Hall–Kier alpha value is -2.24. The average molecular weight is 327 g/mol. The highest BCUT2D eigenvalue weighted by Crippen LogP contribution is 2.33. The lowest BCUT2D eigenvalue weighted by Crippen LogP contribution is -2.15. The minimum absolute atomic E-state index is 0.658. The van der Waals surface area contributed by atoms with Crippen molar-refractivity contribution < 1.29 is 9.47 Å². The second kappa shape index (κ2) is 7.55. The molecule has 2 N–H and O–H groups in total. The summed E-state index contributed by atoms with van der Waals surface area (Å²) in [5, 5.41) is 8.56. The van der Waals surface area contributed by atoms with Gasteiger partial charge in [0.25, 0.3) is 0 Å². The maximum atomic E-state index is 5.81. The standard InChI is InChI=1S/C19H25N3O2/c1-20-8-10-23-14-4-6-18-16(12-14)17-13-15(24-11-9-21-2)5-7-19(17)22(18)3/h4-7,12-13,20-21H,8-11H2,1-3H3. The van der Waals surface area contributed by atoms with Gasteiger partial charge >= 0.3 is 0 Å². The van der Waals surface area contributed by atoms with E-state index in [0.29, 0.717) is 13.2 Å². The normalized spacial score (nSPS) is 11.3. The van der Waals surface area contributed by atoms with Gasteiger partial charge in [-0.25, -0.2) is 0 Å².